The number of hydrogen-bond donors (Lipinski definition) is 1. The highest BCUT2D eigenvalue weighted by atomic mass is 16.4. The summed E-state index contributed by atoms with van der Waals surface area (Å²) in [7, 11) is 0. The summed E-state index contributed by atoms with van der Waals surface area (Å²) in [5, 5.41) is 8.90. The topological polar surface area (TPSA) is 40.5 Å². The van der Waals surface area contributed by atoms with Crippen molar-refractivity contribution < 1.29 is 9.90 Å². The minimum Gasteiger partial charge on any atom is -0.481 e. The van der Waals surface area contributed by atoms with Gasteiger partial charge < -0.3 is 10.0 Å². The Balaban J connectivity index is 2.28. The molecule has 0 amide bonds. The fourth-order valence-electron chi connectivity index (χ4n) is 1.55. The number of carbonyl (C=O) groups is 1. The summed E-state index contributed by atoms with van der Waals surface area (Å²) in [4.78, 5) is 13.2. The molecule has 76 valence electrons. The number of hydrogen-bond acceptors (Lipinski definition) is 2. The third-order valence-electron chi connectivity index (χ3n) is 2.83. The lowest BCUT2D eigenvalue weighted by atomic mass is 9.89. The van der Waals surface area contributed by atoms with Crippen LogP contribution in [0.5, 0.6) is 0 Å². The lowest BCUT2D eigenvalue weighted by Gasteiger charge is -2.22. The van der Waals surface area contributed by atoms with Gasteiger partial charge in [-0.1, -0.05) is 0 Å². The van der Waals surface area contributed by atoms with E-state index in [4.69, 9.17) is 5.11 Å². The van der Waals surface area contributed by atoms with E-state index in [0.717, 1.165) is 26.1 Å². The number of aliphatic carboxylic acids is 1. The summed E-state index contributed by atoms with van der Waals surface area (Å²) >= 11 is 0. The molecular formula is C10H19NO2. The van der Waals surface area contributed by atoms with E-state index in [1.807, 2.05) is 0 Å². The zero-order chi connectivity index (χ0) is 9.90. The number of rotatable bonds is 4. The highest BCUT2D eigenvalue weighted by molar-refractivity contribution is 5.73. The van der Waals surface area contributed by atoms with Gasteiger partial charge in [-0.3, -0.25) is 4.79 Å². The van der Waals surface area contributed by atoms with Gasteiger partial charge in [-0.25, -0.2) is 0 Å². The molecule has 13 heavy (non-hydrogen) atoms. The zero-order valence-electron chi connectivity index (χ0n) is 8.55. The quantitative estimate of drug-likeness (QED) is 0.723. The van der Waals surface area contributed by atoms with Crippen LogP contribution in [0.15, 0.2) is 0 Å². The summed E-state index contributed by atoms with van der Waals surface area (Å²) in [6.45, 7) is 6.82. The van der Waals surface area contributed by atoms with Gasteiger partial charge in [-0.2, -0.15) is 0 Å². The van der Waals surface area contributed by atoms with Gasteiger partial charge >= 0.3 is 5.97 Å². The average Bonchev–Trinajstić information content (AvgIpc) is 2.52. The van der Waals surface area contributed by atoms with Crippen LogP contribution >= 0.6 is 0 Å². The Labute approximate surface area is 79.7 Å². The minimum atomic E-state index is -0.688. The molecule has 0 atom stereocenters. The van der Waals surface area contributed by atoms with Crippen molar-refractivity contribution in [3.8, 4) is 0 Å². The molecule has 0 spiro atoms. The fraction of sp³-hybridized carbons (Fsp3) is 0.900. The Hall–Kier alpha value is -0.570. The second kappa shape index (κ2) is 4.09. The van der Waals surface area contributed by atoms with E-state index in [-0.39, 0.29) is 0 Å². The molecule has 1 heterocycles. The van der Waals surface area contributed by atoms with Gasteiger partial charge in [-0.05, 0) is 52.7 Å². The molecule has 0 aromatic carbocycles. The van der Waals surface area contributed by atoms with Gasteiger partial charge in [0.05, 0.1) is 5.41 Å². The molecule has 3 nitrogen and oxygen atoms in total. The van der Waals surface area contributed by atoms with Gasteiger partial charge in [0.2, 0.25) is 0 Å². The highest BCUT2D eigenvalue weighted by Crippen LogP contribution is 2.21. The van der Waals surface area contributed by atoms with Crippen LogP contribution in [0, 0.1) is 5.41 Å². The smallest absolute Gasteiger partial charge is 0.309 e. The number of carboxylic acid groups (broad SMARTS) is 1. The van der Waals surface area contributed by atoms with E-state index in [2.05, 4.69) is 4.90 Å². The van der Waals surface area contributed by atoms with E-state index in [1.165, 1.54) is 12.8 Å². The average molecular weight is 185 g/mol. The van der Waals surface area contributed by atoms with Gasteiger partial charge in [0.25, 0.3) is 0 Å². The molecule has 0 aromatic heterocycles. The van der Waals surface area contributed by atoms with E-state index in [9.17, 15) is 4.79 Å². The SMILES string of the molecule is CC(C)(CCN1CCCC1)C(=O)O. The van der Waals surface area contributed by atoms with Crippen LogP contribution in [-0.4, -0.2) is 35.6 Å². The number of carboxylic acids is 1. The molecule has 3 heteroatoms. The third-order valence-corrected chi connectivity index (χ3v) is 2.83. The van der Waals surface area contributed by atoms with Crippen molar-refractivity contribution in [1.29, 1.82) is 0 Å². The molecule has 0 bridgehead atoms. The summed E-state index contributed by atoms with van der Waals surface area (Å²) in [5.41, 5.74) is -0.567. The van der Waals surface area contributed by atoms with Crippen LogP contribution in [0.2, 0.25) is 0 Å². The number of likely N-dealkylation sites (tertiary alicyclic amines) is 1. The largest absolute Gasteiger partial charge is 0.481 e. The minimum absolute atomic E-state index is 0.567. The standard InChI is InChI=1S/C10H19NO2/c1-10(2,9(12)13)5-8-11-6-3-4-7-11/h3-8H2,1-2H3,(H,12,13). The van der Waals surface area contributed by atoms with Crippen molar-refractivity contribution in [2.75, 3.05) is 19.6 Å². The lowest BCUT2D eigenvalue weighted by Crippen LogP contribution is -2.30. The first-order valence-corrected chi connectivity index (χ1v) is 4.98. The molecule has 1 fully saturated rings. The second-order valence-electron chi connectivity index (χ2n) is 4.49. The molecule has 1 N–H and O–H groups in total. The first-order chi connectivity index (χ1) is 6.02. The predicted molar refractivity (Wildman–Crippen MR) is 51.7 cm³/mol. The van der Waals surface area contributed by atoms with Crippen LogP contribution in [-0.2, 0) is 4.79 Å². The molecular weight excluding hydrogens is 166 g/mol. The Morgan fingerprint density at radius 2 is 1.92 bits per heavy atom. The van der Waals surface area contributed by atoms with Gasteiger partial charge in [0.1, 0.15) is 0 Å². The van der Waals surface area contributed by atoms with Gasteiger partial charge in [0, 0.05) is 0 Å². The molecule has 1 rings (SSSR count). The summed E-state index contributed by atoms with van der Waals surface area (Å²) in [6.07, 6.45) is 3.29. The molecule has 0 aromatic rings. The van der Waals surface area contributed by atoms with Crippen LogP contribution < -0.4 is 0 Å². The molecule has 0 saturated carbocycles. The van der Waals surface area contributed by atoms with Gasteiger partial charge in [-0.15, -0.1) is 0 Å². The molecule has 0 aliphatic carbocycles. The Morgan fingerprint density at radius 3 is 2.38 bits per heavy atom. The summed E-state index contributed by atoms with van der Waals surface area (Å²) in [5.74, 6) is -0.688. The van der Waals surface area contributed by atoms with Crippen molar-refractivity contribution in [2.24, 2.45) is 5.41 Å². The normalized spacial score (nSPS) is 19.2. The van der Waals surface area contributed by atoms with Crippen LogP contribution in [0.1, 0.15) is 33.1 Å². The maximum absolute atomic E-state index is 10.8. The van der Waals surface area contributed by atoms with E-state index < -0.39 is 11.4 Å². The number of nitrogens with zero attached hydrogens (tertiary/aromatic N) is 1. The van der Waals surface area contributed by atoms with Crippen molar-refractivity contribution in [3.05, 3.63) is 0 Å². The maximum Gasteiger partial charge on any atom is 0.309 e. The maximum atomic E-state index is 10.8. The zero-order valence-corrected chi connectivity index (χ0v) is 8.55. The lowest BCUT2D eigenvalue weighted by molar-refractivity contribution is -0.147. The fourth-order valence-corrected chi connectivity index (χ4v) is 1.55. The molecule has 1 aliphatic rings. The molecule has 0 radical (unpaired) electrons. The van der Waals surface area contributed by atoms with Crippen molar-refractivity contribution >= 4 is 5.97 Å². The van der Waals surface area contributed by atoms with Gasteiger partial charge in [0.15, 0.2) is 0 Å². The molecule has 0 unspecified atom stereocenters. The van der Waals surface area contributed by atoms with E-state index >= 15 is 0 Å². The third kappa shape index (κ3) is 2.99. The summed E-state index contributed by atoms with van der Waals surface area (Å²) < 4.78 is 0. The molecule has 1 saturated heterocycles. The Kier molecular flexibility index (Phi) is 3.31. The van der Waals surface area contributed by atoms with E-state index in [1.54, 1.807) is 13.8 Å². The highest BCUT2D eigenvalue weighted by Gasteiger charge is 2.27. The van der Waals surface area contributed by atoms with Crippen molar-refractivity contribution in [1.82, 2.24) is 4.90 Å². The van der Waals surface area contributed by atoms with Crippen LogP contribution in [0.3, 0.4) is 0 Å². The van der Waals surface area contributed by atoms with E-state index in [0.29, 0.717) is 0 Å². The first-order valence-electron chi connectivity index (χ1n) is 4.98. The van der Waals surface area contributed by atoms with Crippen LogP contribution in [0.25, 0.3) is 0 Å². The Morgan fingerprint density at radius 1 is 1.38 bits per heavy atom. The van der Waals surface area contributed by atoms with Crippen LogP contribution in [0.4, 0.5) is 0 Å². The monoisotopic (exact) mass is 185 g/mol. The summed E-state index contributed by atoms with van der Waals surface area (Å²) in [6, 6.07) is 0. The second-order valence-corrected chi connectivity index (χ2v) is 4.49. The van der Waals surface area contributed by atoms with Crippen molar-refractivity contribution in [2.45, 2.75) is 33.1 Å². The predicted octanol–water partition coefficient (Wildman–Crippen LogP) is 1.58. The molecule has 1 aliphatic heterocycles. The van der Waals surface area contributed by atoms with Crippen molar-refractivity contribution in [3.63, 3.8) is 0 Å². The first kappa shape index (κ1) is 10.5. The Bertz CT molecular complexity index is 183.